The van der Waals surface area contributed by atoms with Crippen LogP contribution in [0.5, 0.6) is 0 Å². The van der Waals surface area contributed by atoms with Gasteiger partial charge in [-0.15, -0.1) is 0 Å². The average molecular weight is 436 g/mol. The standard InChI is InChI=1S/C20H23ClFN5O3/c21-11-4-14-15(8-24-17(14)23-7-11)18-25-9-16(22)19(27-18)26-12-2-1-3-20(30,5-12)6-13(29)10-28/h4,7-9,12-13,28-30H,1-3,5-6,10H2,(H,23,24)(H,25,26,27). The Labute approximate surface area is 177 Å². The van der Waals surface area contributed by atoms with Crippen molar-refractivity contribution in [1.29, 1.82) is 0 Å². The summed E-state index contributed by atoms with van der Waals surface area (Å²) in [5, 5.41) is 33.8. The molecule has 1 aliphatic carbocycles. The van der Waals surface area contributed by atoms with Gasteiger partial charge in [0.1, 0.15) is 5.65 Å². The van der Waals surface area contributed by atoms with Gasteiger partial charge in [0.2, 0.25) is 0 Å². The van der Waals surface area contributed by atoms with Crippen LogP contribution in [0.25, 0.3) is 22.4 Å². The van der Waals surface area contributed by atoms with Crippen LogP contribution in [0.15, 0.2) is 24.7 Å². The van der Waals surface area contributed by atoms with Crippen molar-refractivity contribution in [2.75, 3.05) is 11.9 Å². The molecule has 1 fully saturated rings. The number of halogens is 2. The van der Waals surface area contributed by atoms with Crippen molar-refractivity contribution in [3.8, 4) is 11.4 Å². The van der Waals surface area contributed by atoms with Gasteiger partial charge in [0, 0.05) is 35.8 Å². The number of nitrogens with zero attached hydrogens (tertiary/aromatic N) is 3. The van der Waals surface area contributed by atoms with Gasteiger partial charge < -0.3 is 25.6 Å². The smallest absolute Gasteiger partial charge is 0.183 e. The summed E-state index contributed by atoms with van der Waals surface area (Å²) < 4.78 is 14.4. The number of aliphatic hydroxyl groups excluding tert-OH is 2. The van der Waals surface area contributed by atoms with Gasteiger partial charge in [-0.05, 0) is 31.7 Å². The lowest BCUT2D eigenvalue weighted by Gasteiger charge is -2.38. The summed E-state index contributed by atoms with van der Waals surface area (Å²) in [6, 6.07) is 1.51. The Balaban J connectivity index is 1.57. The molecule has 0 bridgehead atoms. The van der Waals surface area contributed by atoms with Crippen LogP contribution in [0.4, 0.5) is 10.2 Å². The van der Waals surface area contributed by atoms with Crippen LogP contribution >= 0.6 is 11.6 Å². The summed E-state index contributed by atoms with van der Waals surface area (Å²) in [5.74, 6) is -0.239. The predicted molar refractivity (Wildman–Crippen MR) is 111 cm³/mol. The van der Waals surface area contributed by atoms with E-state index in [4.69, 9.17) is 16.7 Å². The second-order valence-corrected chi connectivity index (χ2v) is 8.28. The number of hydrogen-bond acceptors (Lipinski definition) is 7. The highest BCUT2D eigenvalue weighted by molar-refractivity contribution is 6.31. The fraction of sp³-hybridized carbons (Fsp3) is 0.450. The van der Waals surface area contributed by atoms with Gasteiger partial charge in [-0.3, -0.25) is 0 Å². The zero-order chi connectivity index (χ0) is 21.3. The molecule has 0 aromatic carbocycles. The van der Waals surface area contributed by atoms with Crippen LogP contribution in [-0.2, 0) is 0 Å². The summed E-state index contributed by atoms with van der Waals surface area (Å²) in [4.78, 5) is 15.7. The Hall–Kier alpha value is -2.33. The average Bonchev–Trinajstić information content (AvgIpc) is 3.12. The Bertz CT molecular complexity index is 1050. The van der Waals surface area contributed by atoms with Crippen molar-refractivity contribution in [1.82, 2.24) is 19.9 Å². The van der Waals surface area contributed by atoms with Gasteiger partial charge in [0.05, 0.1) is 29.5 Å². The molecule has 3 atom stereocenters. The molecule has 160 valence electrons. The largest absolute Gasteiger partial charge is 0.394 e. The Kier molecular flexibility index (Phi) is 5.88. The molecule has 4 rings (SSSR count). The second kappa shape index (κ2) is 8.43. The molecule has 3 aromatic rings. The van der Waals surface area contributed by atoms with Gasteiger partial charge in [0.25, 0.3) is 0 Å². The van der Waals surface area contributed by atoms with Gasteiger partial charge in [0.15, 0.2) is 17.5 Å². The monoisotopic (exact) mass is 435 g/mol. The Morgan fingerprint density at radius 2 is 2.20 bits per heavy atom. The minimum absolute atomic E-state index is 0.0429. The molecule has 5 N–H and O–H groups in total. The summed E-state index contributed by atoms with van der Waals surface area (Å²) in [6.07, 6.45) is 5.67. The summed E-state index contributed by atoms with van der Waals surface area (Å²) in [7, 11) is 0. The molecule has 0 radical (unpaired) electrons. The zero-order valence-electron chi connectivity index (χ0n) is 16.1. The zero-order valence-corrected chi connectivity index (χ0v) is 16.9. The van der Waals surface area contributed by atoms with Crippen LogP contribution in [-0.4, -0.2) is 59.6 Å². The van der Waals surface area contributed by atoms with E-state index in [1.807, 2.05) is 0 Å². The normalized spacial score (nSPS) is 22.9. The minimum atomic E-state index is -1.12. The minimum Gasteiger partial charge on any atom is -0.394 e. The third kappa shape index (κ3) is 4.39. The first-order valence-electron chi connectivity index (χ1n) is 9.80. The van der Waals surface area contributed by atoms with Gasteiger partial charge in [-0.25, -0.2) is 19.3 Å². The molecule has 1 aliphatic rings. The fourth-order valence-corrected chi connectivity index (χ4v) is 4.26. The van der Waals surface area contributed by atoms with E-state index < -0.39 is 24.1 Å². The first-order valence-corrected chi connectivity index (χ1v) is 10.2. The Morgan fingerprint density at radius 1 is 1.37 bits per heavy atom. The molecular weight excluding hydrogens is 413 g/mol. The highest BCUT2D eigenvalue weighted by Crippen LogP contribution is 2.34. The van der Waals surface area contributed by atoms with E-state index in [0.29, 0.717) is 41.3 Å². The lowest BCUT2D eigenvalue weighted by Crippen LogP contribution is -2.43. The van der Waals surface area contributed by atoms with E-state index in [2.05, 4.69) is 25.3 Å². The number of aliphatic hydroxyl groups is 3. The van der Waals surface area contributed by atoms with E-state index in [9.17, 15) is 14.6 Å². The van der Waals surface area contributed by atoms with Crippen LogP contribution in [0.3, 0.4) is 0 Å². The number of aromatic amines is 1. The molecule has 30 heavy (non-hydrogen) atoms. The SMILES string of the molecule is OCC(O)CC1(O)CCCC(Nc2nc(-c3c[nH]c4ncc(Cl)cc34)ncc2F)C1. The maximum Gasteiger partial charge on any atom is 0.183 e. The van der Waals surface area contributed by atoms with Crippen molar-refractivity contribution >= 4 is 28.5 Å². The van der Waals surface area contributed by atoms with Crippen LogP contribution in [0, 0.1) is 5.82 Å². The number of anilines is 1. The number of fused-ring (bicyclic) bond motifs is 1. The number of hydrogen-bond donors (Lipinski definition) is 5. The van der Waals surface area contributed by atoms with E-state index in [-0.39, 0.29) is 18.3 Å². The quantitative estimate of drug-likeness (QED) is 0.402. The Morgan fingerprint density at radius 3 is 3.00 bits per heavy atom. The van der Waals surface area contributed by atoms with Crippen molar-refractivity contribution in [3.05, 3.63) is 35.5 Å². The van der Waals surface area contributed by atoms with Crippen molar-refractivity contribution < 1.29 is 19.7 Å². The van der Waals surface area contributed by atoms with Crippen molar-refractivity contribution in [3.63, 3.8) is 0 Å². The van der Waals surface area contributed by atoms with Crippen molar-refractivity contribution in [2.24, 2.45) is 0 Å². The number of aromatic nitrogens is 4. The first kappa shape index (κ1) is 20.9. The maximum atomic E-state index is 14.4. The first-order chi connectivity index (χ1) is 14.4. The number of H-pyrrole nitrogens is 1. The van der Waals surface area contributed by atoms with Crippen LogP contribution < -0.4 is 5.32 Å². The molecule has 0 aliphatic heterocycles. The van der Waals surface area contributed by atoms with Crippen molar-refractivity contribution in [2.45, 2.75) is 49.9 Å². The van der Waals surface area contributed by atoms with E-state index in [1.165, 1.54) is 6.20 Å². The van der Waals surface area contributed by atoms with Crippen LogP contribution in [0.1, 0.15) is 32.1 Å². The molecule has 0 spiro atoms. The van der Waals surface area contributed by atoms with Crippen LogP contribution in [0.2, 0.25) is 5.02 Å². The molecule has 3 unspecified atom stereocenters. The van der Waals surface area contributed by atoms with Gasteiger partial charge >= 0.3 is 0 Å². The maximum absolute atomic E-state index is 14.4. The molecule has 0 amide bonds. The summed E-state index contributed by atoms with van der Waals surface area (Å²) in [6.45, 7) is -0.409. The number of nitrogens with one attached hydrogen (secondary N) is 2. The van der Waals surface area contributed by atoms with E-state index in [0.717, 1.165) is 18.0 Å². The summed E-state index contributed by atoms with van der Waals surface area (Å²) in [5.41, 5.74) is 0.148. The molecular formula is C20H23ClFN5O3. The molecule has 1 saturated carbocycles. The molecule has 3 heterocycles. The van der Waals surface area contributed by atoms with E-state index >= 15 is 0 Å². The lowest BCUT2D eigenvalue weighted by atomic mass is 9.78. The molecule has 10 heteroatoms. The summed E-state index contributed by atoms with van der Waals surface area (Å²) >= 11 is 6.05. The second-order valence-electron chi connectivity index (χ2n) is 7.84. The molecule has 0 saturated heterocycles. The third-order valence-electron chi connectivity index (χ3n) is 5.47. The van der Waals surface area contributed by atoms with Gasteiger partial charge in [-0.2, -0.15) is 0 Å². The number of rotatable bonds is 6. The highest BCUT2D eigenvalue weighted by atomic mass is 35.5. The molecule has 8 nitrogen and oxygen atoms in total. The number of pyridine rings is 1. The highest BCUT2D eigenvalue weighted by Gasteiger charge is 2.36. The predicted octanol–water partition coefficient (Wildman–Crippen LogP) is 2.64. The third-order valence-corrected chi connectivity index (χ3v) is 5.68. The fourth-order valence-electron chi connectivity index (χ4n) is 4.11. The van der Waals surface area contributed by atoms with E-state index in [1.54, 1.807) is 12.3 Å². The topological polar surface area (TPSA) is 127 Å². The van der Waals surface area contributed by atoms with Gasteiger partial charge in [-0.1, -0.05) is 11.6 Å². The molecule has 3 aromatic heterocycles. The lowest BCUT2D eigenvalue weighted by molar-refractivity contribution is -0.0511.